The number of aromatic nitrogens is 4. The molecule has 2 aliphatic rings. The zero-order valence-electron chi connectivity index (χ0n) is 23.1. The molecule has 41 heavy (non-hydrogen) atoms. The predicted molar refractivity (Wildman–Crippen MR) is 154 cm³/mol. The quantitative estimate of drug-likeness (QED) is 0.201. The first-order valence-electron chi connectivity index (χ1n) is 13.7. The topological polar surface area (TPSA) is 97.6 Å². The first-order chi connectivity index (χ1) is 20.0. The number of hydrogen-bond donors (Lipinski definition) is 0. The Hall–Kier alpha value is -3.47. The minimum Gasteiger partial charge on any atom is -0.493 e. The molecule has 1 aliphatic carbocycles. The van der Waals surface area contributed by atoms with Crippen LogP contribution >= 0.6 is 22.9 Å². The second-order valence-corrected chi connectivity index (χ2v) is 11.7. The van der Waals surface area contributed by atoms with E-state index < -0.39 is 12.2 Å². The van der Waals surface area contributed by atoms with Crippen molar-refractivity contribution in [3.63, 3.8) is 0 Å². The van der Waals surface area contributed by atoms with E-state index in [0.29, 0.717) is 41.9 Å². The summed E-state index contributed by atoms with van der Waals surface area (Å²) in [4.78, 5) is 17.4. The lowest BCUT2D eigenvalue weighted by Crippen LogP contribution is -2.13. The minimum absolute atomic E-state index is 0.221. The van der Waals surface area contributed by atoms with Crippen molar-refractivity contribution in [2.75, 3.05) is 20.8 Å². The Bertz CT molecular complexity index is 1570. The third kappa shape index (κ3) is 5.56. The van der Waals surface area contributed by atoms with Crippen LogP contribution in [-0.2, 0) is 27.1 Å². The van der Waals surface area contributed by atoms with Gasteiger partial charge in [0.25, 0.3) is 0 Å². The highest BCUT2D eigenvalue weighted by Gasteiger charge is 2.39. The number of ether oxygens (including phenoxy) is 4. The van der Waals surface area contributed by atoms with E-state index in [1.54, 1.807) is 27.3 Å². The Morgan fingerprint density at radius 2 is 1.95 bits per heavy atom. The maximum Gasteiger partial charge on any atom is 0.311 e. The monoisotopic (exact) mass is 594 g/mol. The molecule has 2 aromatic heterocycles. The molecule has 9 nitrogen and oxygen atoms in total. The fourth-order valence-electron chi connectivity index (χ4n) is 5.32. The SMILES string of the molecule is CCOC(=O)Cc1cnc(CC[C@H]2O[C@H](c3cccc(OC)c3OC)c3cc(Cl)ccc3-n3c(C4CC4)nnc32)s1. The Labute approximate surface area is 247 Å². The number of carbonyl (C=O) groups is 1. The van der Waals surface area contributed by atoms with Gasteiger partial charge in [0.05, 0.1) is 37.9 Å². The molecule has 0 saturated heterocycles. The van der Waals surface area contributed by atoms with Crippen molar-refractivity contribution < 1.29 is 23.7 Å². The molecular formula is C30H31ClN4O5S. The number of esters is 1. The normalized spacial score (nSPS) is 17.9. The van der Waals surface area contributed by atoms with Crippen LogP contribution in [0.5, 0.6) is 11.5 Å². The second-order valence-electron chi connectivity index (χ2n) is 10.1. The van der Waals surface area contributed by atoms with Gasteiger partial charge in [-0.05, 0) is 50.5 Å². The van der Waals surface area contributed by atoms with Crippen molar-refractivity contribution in [1.29, 1.82) is 0 Å². The maximum absolute atomic E-state index is 12.0. The summed E-state index contributed by atoms with van der Waals surface area (Å²) in [6, 6.07) is 11.6. The van der Waals surface area contributed by atoms with E-state index in [9.17, 15) is 4.79 Å². The summed E-state index contributed by atoms with van der Waals surface area (Å²) < 4.78 is 25.7. The van der Waals surface area contributed by atoms with Crippen molar-refractivity contribution in [3.8, 4) is 17.2 Å². The molecule has 6 rings (SSSR count). The number of rotatable bonds is 10. The molecule has 0 bridgehead atoms. The number of aryl methyl sites for hydroxylation is 1. The molecule has 1 aliphatic heterocycles. The summed E-state index contributed by atoms with van der Waals surface area (Å²) in [5.41, 5.74) is 2.68. The van der Waals surface area contributed by atoms with Gasteiger partial charge in [-0.25, -0.2) is 4.98 Å². The number of nitrogens with zero attached hydrogens (tertiary/aromatic N) is 4. The van der Waals surface area contributed by atoms with Crippen LogP contribution in [0.1, 0.15) is 77.0 Å². The van der Waals surface area contributed by atoms with Gasteiger partial charge in [0.2, 0.25) is 0 Å². The summed E-state index contributed by atoms with van der Waals surface area (Å²) in [5, 5.41) is 10.8. The van der Waals surface area contributed by atoms with Crippen LogP contribution in [0.3, 0.4) is 0 Å². The van der Waals surface area contributed by atoms with Crippen molar-refractivity contribution in [2.24, 2.45) is 0 Å². The molecule has 0 unspecified atom stereocenters. The number of fused-ring (bicyclic) bond motifs is 3. The van der Waals surface area contributed by atoms with E-state index in [4.69, 9.17) is 30.5 Å². The third-order valence-corrected chi connectivity index (χ3v) is 8.61. The van der Waals surface area contributed by atoms with E-state index in [0.717, 1.165) is 51.2 Å². The summed E-state index contributed by atoms with van der Waals surface area (Å²) in [5.74, 6) is 3.04. The Balaban J connectivity index is 1.40. The number of hydrogen-bond acceptors (Lipinski definition) is 9. The van der Waals surface area contributed by atoms with Crippen molar-refractivity contribution in [3.05, 3.63) is 80.3 Å². The lowest BCUT2D eigenvalue weighted by Gasteiger charge is -2.25. The maximum atomic E-state index is 12.0. The number of para-hydroxylation sites is 1. The molecule has 4 aromatic rings. The van der Waals surface area contributed by atoms with Gasteiger partial charge in [0.1, 0.15) is 18.0 Å². The molecule has 1 fully saturated rings. The van der Waals surface area contributed by atoms with Crippen LogP contribution in [-0.4, -0.2) is 46.5 Å². The predicted octanol–water partition coefficient (Wildman–Crippen LogP) is 6.17. The highest BCUT2D eigenvalue weighted by molar-refractivity contribution is 7.11. The van der Waals surface area contributed by atoms with Crippen molar-refractivity contribution in [2.45, 2.75) is 57.2 Å². The zero-order chi connectivity index (χ0) is 28.5. The molecule has 0 N–H and O–H groups in total. The van der Waals surface area contributed by atoms with Crippen LogP contribution in [0.2, 0.25) is 5.02 Å². The second kappa shape index (κ2) is 11.8. The number of carbonyl (C=O) groups excluding carboxylic acids is 1. The van der Waals surface area contributed by atoms with E-state index in [1.165, 1.54) is 11.3 Å². The van der Waals surface area contributed by atoms with E-state index in [-0.39, 0.29) is 12.4 Å². The first kappa shape index (κ1) is 27.7. The van der Waals surface area contributed by atoms with E-state index in [1.807, 2.05) is 36.4 Å². The number of benzene rings is 2. The van der Waals surface area contributed by atoms with Crippen LogP contribution < -0.4 is 9.47 Å². The zero-order valence-corrected chi connectivity index (χ0v) is 24.7. The molecular weight excluding hydrogens is 564 g/mol. The van der Waals surface area contributed by atoms with Gasteiger partial charge < -0.3 is 18.9 Å². The van der Waals surface area contributed by atoms with Crippen molar-refractivity contribution in [1.82, 2.24) is 19.7 Å². The van der Waals surface area contributed by atoms with Crippen LogP contribution in [0, 0.1) is 0 Å². The molecule has 0 spiro atoms. The lowest BCUT2D eigenvalue weighted by atomic mass is 9.98. The van der Waals surface area contributed by atoms with Gasteiger partial charge in [-0.1, -0.05) is 23.7 Å². The number of methoxy groups -OCH3 is 2. The molecule has 1 saturated carbocycles. The van der Waals surface area contributed by atoms with Crippen LogP contribution in [0.25, 0.3) is 5.69 Å². The largest absolute Gasteiger partial charge is 0.493 e. The molecule has 214 valence electrons. The molecule has 0 radical (unpaired) electrons. The van der Waals surface area contributed by atoms with Crippen LogP contribution in [0.4, 0.5) is 0 Å². The fourth-order valence-corrected chi connectivity index (χ4v) is 6.42. The molecule has 2 atom stereocenters. The highest BCUT2D eigenvalue weighted by Crippen LogP contribution is 2.48. The summed E-state index contributed by atoms with van der Waals surface area (Å²) in [6.07, 6.45) is 4.48. The molecule has 3 heterocycles. The van der Waals surface area contributed by atoms with E-state index >= 15 is 0 Å². The van der Waals surface area contributed by atoms with E-state index in [2.05, 4.69) is 19.7 Å². The van der Waals surface area contributed by atoms with Gasteiger partial charge in [0, 0.05) is 39.6 Å². The summed E-state index contributed by atoms with van der Waals surface area (Å²) >= 11 is 8.09. The third-order valence-electron chi connectivity index (χ3n) is 7.32. The van der Waals surface area contributed by atoms with Gasteiger partial charge in [-0.2, -0.15) is 0 Å². The Kier molecular flexibility index (Phi) is 7.96. The standard InChI is InChI=1S/C30H31ClN4O5S/c1-4-39-26(36)15-19-16-32-25(41-19)13-12-24-30-34-33-29(17-8-9-17)35(30)22-11-10-18(31)14-21(22)27(40-24)20-6-5-7-23(37-2)28(20)38-3/h5-7,10-11,14,16-17,24,27H,4,8-9,12-13,15H2,1-3H3/t24-,27-/m1/s1. The Morgan fingerprint density at radius 3 is 2.71 bits per heavy atom. The minimum atomic E-state index is -0.511. The number of halogens is 1. The lowest BCUT2D eigenvalue weighted by molar-refractivity contribution is -0.142. The average molecular weight is 595 g/mol. The van der Waals surface area contributed by atoms with Gasteiger partial charge in [-0.3, -0.25) is 9.36 Å². The summed E-state index contributed by atoms with van der Waals surface area (Å²) in [7, 11) is 3.25. The molecule has 11 heteroatoms. The first-order valence-corrected chi connectivity index (χ1v) is 14.9. The smallest absolute Gasteiger partial charge is 0.311 e. The summed E-state index contributed by atoms with van der Waals surface area (Å²) in [6.45, 7) is 2.16. The van der Waals surface area contributed by atoms with Crippen LogP contribution in [0.15, 0.2) is 42.6 Å². The number of thiazole rings is 1. The fraction of sp³-hybridized carbons (Fsp3) is 0.400. The highest BCUT2D eigenvalue weighted by atomic mass is 35.5. The van der Waals surface area contributed by atoms with Gasteiger partial charge in [0.15, 0.2) is 17.3 Å². The van der Waals surface area contributed by atoms with Gasteiger partial charge >= 0.3 is 5.97 Å². The molecule has 0 amide bonds. The van der Waals surface area contributed by atoms with Crippen molar-refractivity contribution >= 4 is 28.9 Å². The molecule has 2 aromatic carbocycles. The Morgan fingerprint density at radius 1 is 1.12 bits per heavy atom. The average Bonchev–Trinajstić information content (AvgIpc) is 3.61. The van der Waals surface area contributed by atoms with Gasteiger partial charge in [-0.15, -0.1) is 21.5 Å².